The van der Waals surface area contributed by atoms with Gasteiger partial charge in [0.05, 0.1) is 30.3 Å². The normalized spacial score (nSPS) is 40.8. The summed E-state index contributed by atoms with van der Waals surface area (Å²) >= 11 is 0. The summed E-state index contributed by atoms with van der Waals surface area (Å²) in [5.41, 5.74) is -7.08. The Bertz CT molecular complexity index is 1290. The number of hydrogen-bond donors (Lipinski definition) is 6. The molecule has 13 nitrogen and oxygen atoms in total. The molecule has 15 heteroatoms. The Kier molecular flexibility index (Phi) is 12.7. The monoisotopic (exact) mass is 1080 g/mol. The van der Waals surface area contributed by atoms with Crippen molar-refractivity contribution in [2.75, 3.05) is 6.61 Å². The second-order valence-electron chi connectivity index (χ2n) is 14.2. The smallest absolute Gasteiger partial charge is 0.337 e. The first-order chi connectivity index (χ1) is 20.3. The molecule has 5 rings (SSSR count). The molecule has 4 aliphatic carbocycles. The Morgan fingerprint density at radius 2 is 1.65 bits per heavy atom. The van der Waals surface area contributed by atoms with Crippen LogP contribution in [0.25, 0.3) is 0 Å². The molecule has 6 N–H and O–H groups in total. The minimum absolute atomic E-state index is 0. The molecular formula is C31H45Ac2NO12. The maximum Gasteiger partial charge on any atom is 0.337 e. The van der Waals surface area contributed by atoms with Gasteiger partial charge in [-0.3, -0.25) is 14.4 Å². The number of Topliss-reactive ketones (excluding diaryl/α,β-unsaturated/α-hetero) is 1. The van der Waals surface area contributed by atoms with E-state index < -0.39 is 101 Å². The number of aliphatic hydroxyl groups excluding tert-OH is 3. The Morgan fingerprint density at radius 1 is 1.04 bits per heavy atom. The van der Waals surface area contributed by atoms with Crippen molar-refractivity contribution >= 4 is 23.6 Å². The van der Waals surface area contributed by atoms with Crippen LogP contribution in [0, 0.1) is 111 Å². The van der Waals surface area contributed by atoms with E-state index in [0.717, 1.165) is 13.3 Å². The fourth-order valence-corrected chi connectivity index (χ4v) is 8.64. The summed E-state index contributed by atoms with van der Waals surface area (Å²) in [5.74, 6) is -4.74. The average molecular weight is 1080 g/mol. The minimum atomic E-state index is -2.17. The van der Waals surface area contributed by atoms with Crippen molar-refractivity contribution in [3.8, 4) is 0 Å². The van der Waals surface area contributed by atoms with E-state index in [4.69, 9.17) is 14.2 Å². The molecular weight excluding hydrogens is 1030 g/mol. The van der Waals surface area contributed by atoms with Gasteiger partial charge in [0.25, 0.3) is 0 Å². The van der Waals surface area contributed by atoms with Crippen molar-refractivity contribution in [1.82, 2.24) is 5.32 Å². The summed E-state index contributed by atoms with van der Waals surface area (Å²) in [6.45, 7) is 8.19. The second kappa shape index (κ2) is 14.2. The fourth-order valence-electron chi connectivity index (χ4n) is 8.64. The summed E-state index contributed by atoms with van der Waals surface area (Å²) in [4.78, 5) is 52.2. The third kappa shape index (κ3) is 6.19. The molecule has 2 radical (unpaired) electrons. The van der Waals surface area contributed by atoms with E-state index in [-0.39, 0.29) is 118 Å². The Labute approximate surface area is 340 Å². The number of ketones is 1. The van der Waals surface area contributed by atoms with Crippen LogP contribution in [-0.4, -0.2) is 110 Å². The molecule has 1 aliphatic heterocycles. The first-order valence-corrected chi connectivity index (χ1v) is 15.3. The van der Waals surface area contributed by atoms with Crippen LogP contribution in [-0.2, 0) is 33.4 Å². The number of nitrogens with one attached hydrogen (secondary N) is 1. The number of amides is 1. The number of ether oxygens (including phenoxy) is 3. The standard InChI is InChI=1S/C31H45NO12.2Ac/c1-13-17(44-27(39)23(37)21(32-14(2)33)16-8-7-9-16)11-31(41)26(43-15(3)34)24-29(6,18(35)10-19-30(24,40)12-42-19)25(38)22(36)20(13)28(31,4)5;;/h16-19,21-24,26,35-37,40-41H,7-12H2,1-6H3,(H,32,33);;/t17-,18-,19+,21-,22+,23+,24-,26-,29+,30-,31+;;/m0../s1. The predicted octanol–water partition coefficient (Wildman–Crippen LogP) is -0.566. The van der Waals surface area contributed by atoms with Gasteiger partial charge in [0.2, 0.25) is 5.91 Å². The number of carbonyl (C=O) groups is 4. The van der Waals surface area contributed by atoms with E-state index in [1.165, 1.54) is 20.8 Å². The Morgan fingerprint density at radius 3 is 2.13 bits per heavy atom. The van der Waals surface area contributed by atoms with E-state index in [1.54, 1.807) is 13.8 Å². The van der Waals surface area contributed by atoms with Gasteiger partial charge in [-0.05, 0) is 43.8 Å². The molecule has 0 aromatic rings. The predicted molar refractivity (Wildman–Crippen MR) is 150 cm³/mol. The van der Waals surface area contributed by atoms with Gasteiger partial charge < -0.3 is 45.1 Å². The van der Waals surface area contributed by atoms with Gasteiger partial charge >= 0.3 is 11.9 Å². The van der Waals surface area contributed by atoms with E-state index >= 15 is 0 Å². The zero-order valence-corrected chi connectivity index (χ0v) is 36.7. The maximum atomic E-state index is 14.3. The second-order valence-corrected chi connectivity index (χ2v) is 14.2. The molecule has 46 heavy (non-hydrogen) atoms. The summed E-state index contributed by atoms with van der Waals surface area (Å²) < 4.78 is 17.1. The van der Waals surface area contributed by atoms with Crippen molar-refractivity contribution < 1.29 is 147 Å². The SMILES string of the molecule is CC(=O)N[C@@H](C1CCC1)[C@@H](O)C(=O)O[C@H]1C[C@@]2(O)[C@@H](OC(C)=O)[C@@H]3[C@]4(O)CO[C@@H]4C[C@H](O)[C@@]3(C)C(=O)[C@H](O)C(=C1C)C2(C)C.[Ac].[Ac]. The van der Waals surface area contributed by atoms with E-state index in [1.807, 2.05) is 0 Å². The number of fused-ring (bicyclic) bond motifs is 5. The van der Waals surface area contributed by atoms with Crippen molar-refractivity contribution in [2.24, 2.45) is 22.7 Å². The molecule has 11 atom stereocenters. The summed E-state index contributed by atoms with van der Waals surface area (Å²) in [6.07, 6.45) is -7.14. The van der Waals surface area contributed by atoms with Crippen molar-refractivity contribution in [3.05, 3.63) is 11.1 Å². The van der Waals surface area contributed by atoms with Gasteiger partial charge in [-0.25, -0.2) is 4.79 Å². The Balaban J connectivity index is 0.00000288. The molecule has 1 heterocycles. The molecule has 1 saturated heterocycles. The maximum absolute atomic E-state index is 14.3. The molecule has 1 amide bonds. The molecule has 0 unspecified atom stereocenters. The van der Waals surface area contributed by atoms with Gasteiger partial charge in [0.15, 0.2) is 11.9 Å². The minimum Gasteiger partial charge on any atom is -0.459 e. The molecule has 3 saturated carbocycles. The van der Waals surface area contributed by atoms with Crippen LogP contribution < -0.4 is 5.32 Å². The van der Waals surface area contributed by atoms with Crippen molar-refractivity contribution in [2.45, 2.75) is 128 Å². The van der Waals surface area contributed by atoms with Crippen molar-refractivity contribution in [3.63, 3.8) is 0 Å². The van der Waals surface area contributed by atoms with Crippen LogP contribution in [0.5, 0.6) is 0 Å². The van der Waals surface area contributed by atoms with Crippen LogP contribution in [0.1, 0.15) is 73.6 Å². The summed E-state index contributed by atoms with van der Waals surface area (Å²) in [7, 11) is 0. The first-order valence-electron chi connectivity index (χ1n) is 15.3. The molecule has 0 aromatic heterocycles. The molecule has 0 spiro atoms. The third-order valence-corrected chi connectivity index (χ3v) is 11.5. The molecule has 2 bridgehead atoms. The number of rotatable bonds is 6. The molecule has 0 aromatic carbocycles. The number of aliphatic hydroxyl groups is 5. The number of carbonyl (C=O) groups excluding carboxylic acids is 4. The van der Waals surface area contributed by atoms with E-state index in [2.05, 4.69) is 5.32 Å². The average Bonchev–Trinajstić information content (AvgIpc) is 2.89. The van der Waals surface area contributed by atoms with Crippen LogP contribution >= 0.6 is 0 Å². The summed E-state index contributed by atoms with van der Waals surface area (Å²) in [5, 5.41) is 61.4. The van der Waals surface area contributed by atoms with Crippen LogP contribution in [0.3, 0.4) is 0 Å². The van der Waals surface area contributed by atoms with E-state index in [0.29, 0.717) is 12.8 Å². The largest absolute Gasteiger partial charge is 0.459 e. The van der Waals surface area contributed by atoms with Crippen LogP contribution in [0.15, 0.2) is 11.1 Å². The van der Waals surface area contributed by atoms with Gasteiger partial charge in [0, 0.05) is 126 Å². The number of esters is 2. The zero-order chi connectivity index (χ0) is 32.7. The fraction of sp³-hybridized carbons (Fsp3) is 0.806. The van der Waals surface area contributed by atoms with Gasteiger partial charge in [0.1, 0.15) is 29.5 Å². The van der Waals surface area contributed by atoms with Gasteiger partial charge in [-0.15, -0.1) is 0 Å². The van der Waals surface area contributed by atoms with Gasteiger partial charge in [-0.1, -0.05) is 20.3 Å². The topological polar surface area (TPSA) is 209 Å². The summed E-state index contributed by atoms with van der Waals surface area (Å²) in [6, 6.07) is -0.898. The van der Waals surface area contributed by atoms with E-state index in [9.17, 15) is 44.7 Å². The van der Waals surface area contributed by atoms with Crippen LogP contribution in [0.4, 0.5) is 0 Å². The quantitative estimate of drug-likeness (QED) is 0.146. The van der Waals surface area contributed by atoms with Gasteiger partial charge in [-0.2, -0.15) is 0 Å². The number of hydrogen-bond acceptors (Lipinski definition) is 12. The van der Waals surface area contributed by atoms with Crippen molar-refractivity contribution in [1.29, 1.82) is 0 Å². The zero-order valence-electron chi connectivity index (χ0n) is 27.2. The third-order valence-electron chi connectivity index (χ3n) is 11.5. The molecule has 252 valence electrons. The molecule has 5 aliphatic rings. The molecule has 4 fully saturated rings. The Hall–Kier alpha value is 0.463. The first kappa shape index (κ1) is 40.9. The van der Waals surface area contributed by atoms with Crippen LogP contribution in [0.2, 0.25) is 0 Å².